The number of hydrogen-bond acceptors (Lipinski definition) is 3. The van der Waals surface area contributed by atoms with Gasteiger partial charge in [-0.3, -0.25) is 9.48 Å². The number of hydrogen-bond donors (Lipinski definition) is 2. The summed E-state index contributed by atoms with van der Waals surface area (Å²) in [7, 11) is 1.82. The number of carbonyl (C=O) groups is 1. The zero-order valence-corrected chi connectivity index (χ0v) is 11.1. The van der Waals surface area contributed by atoms with Crippen LogP contribution in [-0.2, 0) is 13.5 Å². The van der Waals surface area contributed by atoms with Crippen LogP contribution in [0.5, 0.6) is 0 Å². The molecule has 2 N–H and O–H groups in total. The zero-order chi connectivity index (χ0) is 13.2. The van der Waals surface area contributed by atoms with Crippen molar-refractivity contribution < 1.29 is 9.90 Å². The summed E-state index contributed by atoms with van der Waals surface area (Å²) in [4.78, 5) is 12.1. The molecule has 1 aliphatic rings. The smallest absolute Gasteiger partial charge is 0.254 e. The summed E-state index contributed by atoms with van der Waals surface area (Å²) in [5.41, 5.74) is 1.65. The van der Waals surface area contributed by atoms with Crippen LogP contribution < -0.4 is 5.32 Å². The maximum absolute atomic E-state index is 12.1. The van der Waals surface area contributed by atoms with Gasteiger partial charge in [0.25, 0.3) is 5.91 Å². The summed E-state index contributed by atoms with van der Waals surface area (Å²) in [5.74, 6) is -0.0517. The molecule has 0 atom stereocenters. The number of aryl methyl sites for hydroxylation is 2. The predicted octanol–water partition coefficient (Wildman–Crippen LogP) is 0.875. The van der Waals surface area contributed by atoms with Crippen LogP contribution in [0.3, 0.4) is 0 Å². The summed E-state index contributed by atoms with van der Waals surface area (Å²) in [6.45, 7) is 2.85. The lowest BCUT2D eigenvalue weighted by molar-refractivity contribution is 0.0940. The number of aromatic nitrogens is 2. The predicted molar refractivity (Wildman–Crippen MR) is 68.3 cm³/mol. The number of aliphatic hydroxyl groups excluding tert-OH is 1. The van der Waals surface area contributed by atoms with E-state index in [9.17, 15) is 4.79 Å². The number of rotatable bonds is 6. The Morgan fingerprint density at radius 3 is 2.89 bits per heavy atom. The third-order valence-electron chi connectivity index (χ3n) is 3.71. The lowest BCUT2D eigenvalue weighted by Gasteiger charge is -2.14. The maximum Gasteiger partial charge on any atom is 0.254 e. The molecule has 100 valence electrons. The maximum atomic E-state index is 12.1. The summed E-state index contributed by atoms with van der Waals surface area (Å²) < 4.78 is 1.67. The fourth-order valence-electron chi connectivity index (χ4n) is 2.28. The molecule has 0 saturated heterocycles. The van der Waals surface area contributed by atoms with E-state index in [1.165, 1.54) is 0 Å². The molecule has 1 saturated carbocycles. The van der Waals surface area contributed by atoms with E-state index >= 15 is 0 Å². The van der Waals surface area contributed by atoms with E-state index in [0.717, 1.165) is 31.4 Å². The number of nitrogens with one attached hydrogen (secondary N) is 1. The second kappa shape index (κ2) is 5.10. The Kier molecular flexibility index (Phi) is 3.71. The van der Waals surface area contributed by atoms with Crippen molar-refractivity contribution in [3.8, 4) is 0 Å². The Hall–Kier alpha value is -1.36. The first kappa shape index (κ1) is 13.1. The third kappa shape index (κ3) is 2.72. The molecule has 1 amide bonds. The molecular formula is C13H21N3O2. The minimum Gasteiger partial charge on any atom is -0.396 e. The van der Waals surface area contributed by atoms with E-state index in [1.54, 1.807) is 10.9 Å². The Morgan fingerprint density at radius 2 is 2.33 bits per heavy atom. The SMILES string of the molecule is CCc1nn(C)cc1C(=O)NCC1(CCO)CC1. The highest BCUT2D eigenvalue weighted by Gasteiger charge is 2.42. The van der Waals surface area contributed by atoms with Gasteiger partial charge in [-0.2, -0.15) is 5.10 Å². The van der Waals surface area contributed by atoms with Gasteiger partial charge in [0.2, 0.25) is 0 Å². The van der Waals surface area contributed by atoms with E-state index in [4.69, 9.17) is 5.11 Å². The number of nitrogens with zero attached hydrogens (tertiary/aromatic N) is 2. The van der Waals surface area contributed by atoms with Crippen molar-refractivity contribution in [2.75, 3.05) is 13.2 Å². The molecule has 0 unspecified atom stereocenters. The quantitative estimate of drug-likeness (QED) is 0.788. The van der Waals surface area contributed by atoms with E-state index in [1.807, 2.05) is 14.0 Å². The molecule has 2 rings (SSSR count). The first-order valence-electron chi connectivity index (χ1n) is 6.52. The van der Waals surface area contributed by atoms with Gasteiger partial charge in [0.1, 0.15) is 0 Å². The summed E-state index contributed by atoms with van der Waals surface area (Å²) in [5, 5.41) is 16.2. The van der Waals surface area contributed by atoms with Crippen molar-refractivity contribution in [3.05, 3.63) is 17.5 Å². The second-order valence-electron chi connectivity index (χ2n) is 5.17. The summed E-state index contributed by atoms with van der Waals surface area (Å²) in [6.07, 6.45) is 5.50. The molecule has 0 aromatic carbocycles. The van der Waals surface area contributed by atoms with E-state index in [0.29, 0.717) is 12.1 Å². The fraction of sp³-hybridized carbons (Fsp3) is 0.692. The summed E-state index contributed by atoms with van der Waals surface area (Å²) in [6, 6.07) is 0. The number of amides is 1. The Bertz CT molecular complexity index is 435. The fourth-order valence-corrected chi connectivity index (χ4v) is 2.28. The number of carbonyl (C=O) groups excluding carboxylic acids is 1. The van der Waals surface area contributed by atoms with E-state index in [-0.39, 0.29) is 17.9 Å². The lowest BCUT2D eigenvalue weighted by Crippen LogP contribution is -2.31. The van der Waals surface area contributed by atoms with Crippen LogP contribution >= 0.6 is 0 Å². The van der Waals surface area contributed by atoms with Crippen molar-refractivity contribution in [2.24, 2.45) is 12.5 Å². The monoisotopic (exact) mass is 251 g/mol. The molecular weight excluding hydrogens is 230 g/mol. The zero-order valence-electron chi connectivity index (χ0n) is 11.1. The minimum atomic E-state index is -0.0517. The summed E-state index contributed by atoms with van der Waals surface area (Å²) >= 11 is 0. The second-order valence-corrected chi connectivity index (χ2v) is 5.17. The largest absolute Gasteiger partial charge is 0.396 e. The average Bonchev–Trinajstić information content (AvgIpc) is 3.01. The molecule has 5 heteroatoms. The molecule has 0 aliphatic heterocycles. The minimum absolute atomic E-state index is 0.0517. The number of aliphatic hydroxyl groups is 1. The van der Waals surface area contributed by atoms with Crippen LogP contribution in [0.25, 0.3) is 0 Å². The van der Waals surface area contributed by atoms with Gasteiger partial charge in [0.15, 0.2) is 0 Å². The Labute approximate surface area is 107 Å². The van der Waals surface area contributed by atoms with Gasteiger partial charge in [0, 0.05) is 26.4 Å². The highest BCUT2D eigenvalue weighted by Crippen LogP contribution is 2.47. The molecule has 1 heterocycles. The van der Waals surface area contributed by atoms with Crippen LogP contribution in [0.4, 0.5) is 0 Å². The normalized spacial score (nSPS) is 16.6. The lowest BCUT2D eigenvalue weighted by atomic mass is 10.0. The highest BCUT2D eigenvalue weighted by atomic mass is 16.3. The van der Waals surface area contributed by atoms with Gasteiger partial charge < -0.3 is 10.4 Å². The third-order valence-corrected chi connectivity index (χ3v) is 3.71. The van der Waals surface area contributed by atoms with Crippen molar-refractivity contribution in [2.45, 2.75) is 32.6 Å². The van der Waals surface area contributed by atoms with Crippen molar-refractivity contribution in [1.82, 2.24) is 15.1 Å². The van der Waals surface area contributed by atoms with Crippen molar-refractivity contribution in [1.29, 1.82) is 0 Å². The molecule has 0 radical (unpaired) electrons. The highest BCUT2D eigenvalue weighted by molar-refractivity contribution is 5.95. The van der Waals surface area contributed by atoms with Gasteiger partial charge in [0.05, 0.1) is 11.3 Å². The first-order valence-corrected chi connectivity index (χ1v) is 6.52. The van der Waals surface area contributed by atoms with Crippen molar-refractivity contribution >= 4 is 5.91 Å². The molecule has 0 bridgehead atoms. The van der Waals surface area contributed by atoms with Crippen LogP contribution in [0.1, 0.15) is 42.2 Å². The molecule has 1 aromatic rings. The van der Waals surface area contributed by atoms with Gasteiger partial charge in [-0.15, -0.1) is 0 Å². The molecule has 1 fully saturated rings. The van der Waals surface area contributed by atoms with E-state index in [2.05, 4.69) is 10.4 Å². The van der Waals surface area contributed by atoms with Crippen molar-refractivity contribution in [3.63, 3.8) is 0 Å². The molecule has 0 spiro atoms. The topological polar surface area (TPSA) is 67.2 Å². The molecule has 5 nitrogen and oxygen atoms in total. The van der Waals surface area contributed by atoms with Gasteiger partial charge >= 0.3 is 0 Å². The average molecular weight is 251 g/mol. The standard InChI is InChI=1S/C13H21N3O2/c1-3-11-10(8-16(2)15-11)12(18)14-9-13(4-5-13)6-7-17/h8,17H,3-7,9H2,1-2H3,(H,14,18). The molecule has 1 aromatic heterocycles. The van der Waals surface area contributed by atoms with Gasteiger partial charge in [-0.1, -0.05) is 6.92 Å². The van der Waals surface area contributed by atoms with Crippen LogP contribution in [0.15, 0.2) is 6.20 Å². The van der Waals surface area contributed by atoms with E-state index < -0.39 is 0 Å². The van der Waals surface area contributed by atoms with Gasteiger partial charge in [-0.05, 0) is 31.1 Å². The first-order chi connectivity index (χ1) is 8.60. The van der Waals surface area contributed by atoms with Crippen LogP contribution in [-0.4, -0.2) is 33.9 Å². The van der Waals surface area contributed by atoms with Crippen LogP contribution in [0, 0.1) is 5.41 Å². The van der Waals surface area contributed by atoms with Crippen LogP contribution in [0.2, 0.25) is 0 Å². The van der Waals surface area contributed by atoms with Gasteiger partial charge in [-0.25, -0.2) is 0 Å². The molecule has 18 heavy (non-hydrogen) atoms. The molecule has 1 aliphatic carbocycles. The Morgan fingerprint density at radius 1 is 1.61 bits per heavy atom. The Balaban J connectivity index is 1.95.